The van der Waals surface area contributed by atoms with Crippen LogP contribution in [0, 0.1) is 0 Å². The lowest BCUT2D eigenvalue weighted by molar-refractivity contribution is -0.194. The van der Waals surface area contributed by atoms with Gasteiger partial charge in [-0.25, -0.2) is 4.98 Å². The van der Waals surface area contributed by atoms with Crippen molar-refractivity contribution in [2.45, 2.75) is 19.6 Å². The van der Waals surface area contributed by atoms with Gasteiger partial charge in [-0.15, -0.1) is 0 Å². The van der Waals surface area contributed by atoms with Gasteiger partial charge in [0, 0.05) is 18.2 Å². The van der Waals surface area contributed by atoms with Crippen LogP contribution >= 0.6 is 0 Å². The number of rotatable bonds is 4. The second kappa shape index (κ2) is 5.35. The van der Waals surface area contributed by atoms with Gasteiger partial charge in [0.2, 0.25) is 0 Å². The maximum atomic E-state index is 5.29. The van der Waals surface area contributed by atoms with E-state index >= 15 is 0 Å². The molecule has 3 aromatic rings. The quantitative estimate of drug-likeness (QED) is 0.694. The third-order valence-corrected chi connectivity index (χ3v) is 3.96. The second-order valence-corrected chi connectivity index (χ2v) is 5.33. The van der Waals surface area contributed by atoms with Gasteiger partial charge >= 0.3 is 0 Å². The molecule has 4 rings (SSSR count). The van der Waals surface area contributed by atoms with Crippen LogP contribution in [0.1, 0.15) is 11.1 Å². The van der Waals surface area contributed by atoms with E-state index in [1.165, 1.54) is 5.56 Å². The van der Waals surface area contributed by atoms with Crippen molar-refractivity contribution in [3.05, 3.63) is 53.9 Å². The molecule has 5 heteroatoms. The van der Waals surface area contributed by atoms with Crippen LogP contribution in [-0.4, -0.2) is 16.7 Å². The highest BCUT2D eigenvalue weighted by molar-refractivity contribution is 5.77. The van der Waals surface area contributed by atoms with Gasteiger partial charge in [0.1, 0.15) is 12.4 Å². The van der Waals surface area contributed by atoms with Crippen molar-refractivity contribution in [1.82, 2.24) is 9.55 Å². The molecule has 1 aliphatic rings. The van der Waals surface area contributed by atoms with Gasteiger partial charge in [0.25, 0.3) is 0 Å². The SMILES string of the molecule is COc1ccc2ncn(CCc3ccc4c(c3)OOC4)c2c1. The van der Waals surface area contributed by atoms with Gasteiger partial charge in [-0.1, -0.05) is 12.1 Å². The molecule has 22 heavy (non-hydrogen) atoms. The molecule has 0 amide bonds. The zero-order chi connectivity index (χ0) is 14.9. The number of aryl methyl sites for hydroxylation is 2. The molecule has 0 saturated carbocycles. The number of fused-ring (bicyclic) bond motifs is 2. The number of imidazole rings is 1. The van der Waals surface area contributed by atoms with Gasteiger partial charge in [-0.2, -0.15) is 4.89 Å². The molecular weight excluding hydrogens is 280 g/mol. The smallest absolute Gasteiger partial charge is 0.171 e. The third kappa shape index (κ3) is 2.29. The summed E-state index contributed by atoms with van der Waals surface area (Å²) in [7, 11) is 1.68. The van der Waals surface area contributed by atoms with Crippen LogP contribution in [-0.2, 0) is 24.5 Å². The van der Waals surface area contributed by atoms with Crippen molar-refractivity contribution >= 4 is 11.0 Å². The first kappa shape index (κ1) is 13.2. The van der Waals surface area contributed by atoms with E-state index < -0.39 is 0 Å². The minimum absolute atomic E-state index is 0.529. The first-order chi connectivity index (χ1) is 10.8. The van der Waals surface area contributed by atoms with Crippen LogP contribution in [0.25, 0.3) is 11.0 Å². The lowest BCUT2D eigenvalue weighted by Crippen LogP contribution is -2.00. The summed E-state index contributed by atoms with van der Waals surface area (Å²) in [6.07, 6.45) is 2.77. The molecule has 1 aliphatic heterocycles. The van der Waals surface area contributed by atoms with Crippen molar-refractivity contribution in [3.63, 3.8) is 0 Å². The molecule has 0 aliphatic carbocycles. The van der Waals surface area contributed by atoms with Crippen LogP contribution in [0.5, 0.6) is 11.5 Å². The molecule has 0 saturated heterocycles. The fourth-order valence-corrected chi connectivity index (χ4v) is 2.70. The van der Waals surface area contributed by atoms with E-state index in [-0.39, 0.29) is 0 Å². The van der Waals surface area contributed by atoms with Crippen molar-refractivity contribution in [2.75, 3.05) is 7.11 Å². The Morgan fingerprint density at radius 2 is 2.18 bits per heavy atom. The molecule has 0 unspecified atom stereocenters. The molecule has 5 nitrogen and oxygen atoms in total. The molecule has 0 spiro atoms. The number of benzene rings is 2. The second-order valence-electron chi connectivity index (χ2n) is 5.33. The normalized spacial score (nSPS) is 13.1. The summed E-state index contributed by atoms with van der Waals surface area (Å²) in [6, 6.07) is 12.1. The molecule has 0 radical (unpaired) electrons. The Kier molecular flexibility index (Phi) is 3.20. The topological polar surface area (TPSA) is 45.5 Å². The largest absolute Gasteiger partial charge is 0.497 e. The fraction of sp³-hybridized carbons (Fsp3) is 0.235. The summed E-state index contributed by atoms with van der Waals surface area (Å²) in [5.74, 6) is 1.67. The van der Waals surface area contributed by atoms with Gasteiger partial charge < -0.3 is 14.2 Å². The Morgan fingerprint density at radius 3 is 3.09 bits per heavy atom. The zero-order valence-corrected chi connectivity index (χ0v) is 12.3. The number of nitrogens with zero attached hydrogens (tertiary/aromatic N) is 2. The summed E-state index contributed by atoms with van der Waals surface area (Å²) in [5.41, 5.74) is 4.38. The van der Waals surface area contributed by atoms with E-state index in [9.17, 15) is 0 Å². The average molecular weight is 296 g/mol. The first-order valence-electron chi connectivity index (χ1n) is 7.23. The molecular formula is C17H16N2O3. The van der Waals surface area contributed by atoms with Crippen molar-refractivity contribution in [3.8, 4) is 11.5 Å². The molecule has 1 aromatic heterocycles. The molecule has 0 bridgehead atoms. The van der Waals surface area contributed by atoms with Crippen molar-refractivity contribution in [2.24, 2.45) is 0 Å². The summed E-state index contributed by atoms with van der Waals surface area (Å²) < 4.78 is 7.43. The Morgan fingerprint density at radius 1 is 1.23 bits per heavy atom. The Hall–Kier alpha value is -2.53. The van der Waals surface area contributed by atoms with Crippen LogP contribution in [0.3, 0.4) is 0 Å². The minimum Gasteiger partial charge on any atom is -0.497 e. The predicted octanol–water partition coefficient (Wildman–Crippen LogP) is 3.11. The van der Waals surface area contributed by atoms with Gasteiger partial charge in [0.15, 0.2) is 5.75 Å². The van der Waals surface area contributed by atoms with Crippen LogP contribution < -0.4 is 9.62 Å². The maximum absolute atomic E-state index is 5.29. The van der Waals surface area contributed by atoms with Crippen molar-refractivity contribution < 1.29 is 14.5 Å². The summed E-state index contributed by atoms with van der Waals surface area (Å²) in [5, 5.41) is 0. The molecule has 2 heterocycles. The summed E-state index contributed by atoms with van der Waals surface area (Å²) in [6.45, 7) is 1.38. The van der Waals surface area contributed by atoms with Gasteiger partial charge in [0.05, 0.1) is 24.5 Å². The third-order valence-electron chi connectivity index (χ3n) is 3.96. The summed E-state index contributed by atoms with van der Waals surface area (Å²) >= 11 is 0. The number of ether oxygens (including phenoxy) is 1. The maximum Gasteiger partial charge on any atom is 0.171 e. The average Bonchev–Trinajstić information content (AvgIpc) is 3.18. The fourth-order valence-electron chi connectivity index (χ4n) is 2.70. The number of aromatic nitrogens is 2. The monoisotopic (exact) mass is 296 g/mol. The standard InChI is InChI=1S/C17H16N2O3/c1-20-14-4-5-15-16(9-14)19(11-18-15)7-6-12-2-3-13-10-21-22-17(13)8-12/h2-5,8-9,11H,6-7,10H2,1H3. The van der Waals surface area contributed by atoms with Crippen LogP contribution in [0.2, 0.25) is 0 Å². The van der Waals surface area contributed by atoms with E-state index in [1.54, 1.807) is 7.11 Å². The molecule has 2 aromatic carbocycles. The number of methoxy groups -OCH3 is 1. The summed E-state index contributed by atoms with van der Waals surface area (Å²) in [4.78, 5) is 14.5. The van der Waals surface area contributed by atoms with Crippen LogP contribution in [0.4, 0.5) is 0 Å². The molecule has 0 atom stereocenters. The highest BCUT2D eigenvalue weighted by Gasteiger charge is 2.14. The number of hydrogen-bond acceptors (Lipinski definition) is 4. The Bertz CT molecular complexity index is 826. The van der Waals surface area contributed by atoms with Crippen molar-refractivity contribution in [1.29, 1.82) is 0 Å². The van der Waals surface area contributed by atoms with Gasteiger partial charge in [-0.05, 0) is 30.2 Å². The highest BCUT2D eigenvalue weighted by atomic mass is 17.2. The van der Waals surface area contributed by atoms with E-state index in [2.05, 4.69) is 21.7 Å². The van der Waals surface area contributed by atoms with E-state index in [4.69, 9.17) is 14.5 Å². The Balaban J connectivity index is 1.56. The van der Waals surface area contributed by atoms with E-state index in [0.717, 1.165) is 41.1 Å². The van der Waals surface area contributed by atoms with E-state index in [1.807, 2.05) is 30.6 Å². The lowest BCUT2D eigenvalue weighted by atomic mass is 10.1. The highest BCUT2D eigenvalue weighted by Crippen LogP contribution is 2.27. The zero-order valence-electron chi connectivity index (χ0n) is 12.3. The lowest BCUT2D eigenvalue weighted by Gasteiger charge is -2.06. The molecule has 112 valence electrons. The first-order valence-corrected chi connectivity index (χ1v) is 7.23. The van der Waals surface area contributed by atoms with Gasteiger partial charge in [-0.3, -0.25) is 0 Å². The van der Waals surface area contributed by atoms with E-state index in [0.29, 0.717) is 6.61 Å². The van der Waals surface area contributed by atoms with Crippen LogP contribution in [0.15, 0.2) is 42.7 Å². The number of hydrogen-bond donors (Lipinski definition) is 0. The minimum atomic E-state index is 0.529. The Labute approximate surface area is 128 Å². The predicted molar refractivity (Wildman–Crippen MR) is 81.8 cm³/mol. The molecule has 0 N–H and O–H groups in total. The molecule has 0 fully saturated rings.